The zero-order valence-corrected chi connectivity index (χ0v) is 11.5. The number of methoxy groups -OCH3 is 1. The number of hydrogen-bond acceptors (Lipinski definition) is 2. The van der Waals surface area contributed by atoms with Crippen LogP contribution in [0.5, 0.6) is 5.75 Å². The van der Waals surface area contributed by atoms with Gasteiger partial charge in [0.05, 0.1) is 12.7 Å². The fraction of sp³-hybridized carbons (Fsp3) is 0.188. The standard InChI is InChI=1S/C16H15FO3/c1-9-6-10(2)15(14(7-9)20-3)12-5-4-11(16(18)19)8-13(12)17/h4-8H,1-3H3,(H,18,19). The van der Waals surface area contributed by atoms with Crippen molar-refractivity contribution in [1.29, 1.82) is 0 Å². The van der Waals surface area contributed by atoms with Crippen molar-refractivity contribution in [3.05, 3.63) is 52.8 Å². The average Bonchev–Trinajstić information content (AvgIpc) is 2.38. The molecule has 0 fully saturated rings. The molecule has 3 nitrogen and oxygen atoms in total. The van der Waals surface area contributed by atoms with E-state index in [1.54, 1.807) is 0 Å². The van der Waals surface area contributed by atoms with Gasteiger partial charge in [0, 0.05) is 11.1 Å². The second-order valence-electron chi connectivity index (χ2n) is 4.66. The van der Waals surface area contributed by atoms with Gasteiger partial charge in [0.1, 0.15) is 11.6 Å². The minimum absolute atomic E-state index is 0.0741. The summed E-state index contributed by atoms with van der Waals surface area (Å²) in [5.41, 5.74) is 2.81. The summed E-state index contributed by atoms with van der Waals surface area (Å²) in [5, 5.41) is 8.87. The summed E-state index contributed by atoms with van der Waals surface area (Å²) in [6.45, 7) is 3.80. The molecule has 0 saturated carbocycles. The monoisotopic (exact) mass is 274 g/mol. The summed E-state index contributed by atoms with van der Waals surface area (Å²) >= 11 is 0. The Morgan fingerprint density at radius 3 is 2.45 bits per heavy atom. The van der Waals surface area contributed by atoms with Crippen LogP contribution in [0.1, 0.15) is 21.5 Å². The molecule has 0 bridgehead atoms. The minimum atomic E-state index is -1.15. The Kier molecular flexibility index (Phi) is 3.74. The second kappa shape index (κ2) is 5.33. The Balaban J connectivity index is 2.65. The molecule has 104 valence electrons. The number of rotatable bonds is 3. The number of carboxylic acid groups (broad SMARTS) is 1. The van der Waals surface area contributed by atoms with Crippen LogP contribution in [0.15, 0.2) is 30.3 Å². The Morgan fingerprint density at radius 1 is 1.20 bits per heavy atom. The number of aromatic carboxylic acids is 1. The number of carbonyl (C=O) groups is 1. The average molecular weight is 274 g/mol. The van der Waals surface area contributed by atoms with Crippen molar-refractivity contribution in [3.63, 3.8) is 0 Å². The first-order valence-electron chi connectivity index (χ1n) is 6.12. The molecule has 0 aromatic heterocycles. The Morgan fingerprint density at radius 2 is 1.90 bits per heavy atom. The van der Waals surface area contributed by atoms with Crippen LogP contribution < -0.4 is 4.74 Å². The van der Waals surface area contributed by atoms with E-state index in [4.69, 9.17) is 9.84 Å². The van der Waals surface area contributed by atoms with Gasteiger partial charge in [0.2, 0.25) is 0 Å². The Bertz CT molecular complexity index is 678. The van der Waals surface area contributed by atoms with Gasteiger partial charge in [-0.3, -0.25) is 0 Å². The predicted octanol–water partition coefficient (Wildman–Crippen LogP) is 3.82. The number of ether oxygens (including phenoxy) is 1. The smallest absolute Gasteiger partial charge is 0.335 e. The van der Waals surface area contributed by atoms with Crippen LogP contribution in [-0.4, -0.2) is 18.2 Å². The van der Waals surface area contributed by atoms with E-state index in [1.165, 1.54) is 19.2 Å². The molecule has 0 aliphatic carbocycles. The van der Waals surface area contributed by atoms with Crippen molar-refractivity contribution < 1.29 is 19.0 Å². The molecule has 20 heavy (non-hydrogen) atoms. The number of benzene rings is 2. The van der Waals surface area contributed by atoms with E-state index < -0.39 is 11.8 Å². The molecule has 0 saturated heterocycles. The van der Waals surface area contributed by atoms with Gasteiger partial charge in [0.25, 0.3) is 0 Å². The maximum absolute atomic E-state index is 14.2. The van der Waals surface area contributed by atoms with Crippen molar-refractivity contribution in [2.45, 2.75) is 13.8 Å². The highest BCUT2D eigenvalue weighted by molar-refractivity contribution is 5.89. The maximum atomic E-state index is 14.2. The first-order valence-corrected chi connectivity index (χ1v) is 6.12. The summed E-state index contributed by atoms with van der Waals surface area (Å²) < 4.78 is 19.5. The fourth-order valence-electron chi connectivity index (χ4n) is 2.29. The molecular weight excluding hydrogens is 259 g/mol. The highest BCUT2D eigenvalue weighted by Gasteiger charge is 2.16. The number of carboxylic acids is 1. The Labute approximate surface area is 116 Å². The molecular formula is C16H15FO3. The molecule has 0 aliphatic rings. The lowest BCUT2D eigenvalue weighted by atomic mass is 9.96. The van der Waals surface area contributed by atoms with Crippen molar-refractivity contribution in [2.75, 3.05) is 7.11 Å². The first kappa shape index (κ1) is 14.1. The van der Waals surface area contributed by atoms with E-state index in [1.807, 2.05) is 26.0 Å². The molecule has 0 spiro atoms. The lowest BCUT2D eigenvalue weighted by Crippen LogP contribution is -1.99. The fourth-order valence-corrected chi connectivity index (χ4v) is 2.29. The third-order valence-electron chi connectivity index (χ3n) is 3.15. The van der Waals surface area contributed by atoms with Crippen molar-refractivity contribution in [1.82, 2.24) is 0 Å². The summed E-state index contributed by atoms with van der Waals surface area (Å²) in [5.74, 6) is -1.15. The number of halogens is 1. The van der Waals surface area contributed by atoms with Crippen LogP contribution in [0.3, 0.4) is 0 Å². The molecule has 0 amide bonds. The van der Waals surface area contributed by atoms with Gasteiger partial charge in [0.15, 0.2) is 0 Å². The summed E-state index contributed by atoms with van der Waals surface area (Å²) in [6, 6.07) is 7.64. The molecule has 0 heterocycles. The van der Waals surface area contributed by atoms with Gasteiger partial charge in [-0.25, -0.2) is 9.18 Å². The van der Waals surface area contributed by atoms with Gasteiger partial charge in [-0.15, -0.1) is 0 Å². The number of hydrogen-bond donors (Lipinski definition) is 1. The third-order valence-corrected chi connectivity index (χ3v) is 3.15. The third kappa shape index (κ3) is 2.50. The molecule has 0 aliphatic heterocycles. The van der Waals surface area contributed by atoms with Crippen LogP contribution in [0.25, 0.3) is 11.1 Å². The normalized spacial score (nSPS) is 10.4. The molecule has 4 heteroatoms. The van der Waals surface area contributed by atoms with Crippen LogP contribution in [-0.2, 0) is 0 Å². The molecule has 2 rings (SSSR count). The van der Waals surface area contributed by atoms with Crippen LogP contribution >= 0.6 is 0 Å². The number of aryl methyl sites for hydroxylation is 2. The van der Waals surface area contributed by atoms with E-state index in [-0.39, 0.29) is 5.56 Å². The van der Waals surface area contributed by atoms with E-state index >= 15 is 0 Å². The predicted molar refractivity (Wildman–Crippen MR) is 74.8 cm³/mol. The molecule has 1 N–H and O–H groups in total. The van der Waals surface area contributed by atoms with Crippen molar-refractivity contribution in [3.8, 4) is 16.9 Å². The lowest BCUT2D eigenvalue weighted by Gasteiger charge is -2.14. The molecule has 2 aromatic rings. The van der Waals surface area contributed by atoms with Crippen LogP contribution in [0.4, 0.5) is 4.39 Å². The van der Waals surface area contributed by atoms with E-state index in [9.17, 15) is 9.18 Å². The van der Waals surface area contributed by atoms with Gasteiger partial charge in [-0.1, -0.05) is 12.1 Å². The summed E-state index contributed by atoms with van der Waals surface area (Å²) in [7, 11) is 1.53. The van der Waals surface area contributed by atoms with Gasteiger partial charge in [-0.05, 0) is 43.2 Å². The zero-order valence-electron chi connectivity index (χ0n) is 11.5. The van der Waals surface area contributed by atoms with Gasteiger partial charge < -0.3 is 9.84 Å². The second-order valence-corrected chi connectivity index (χ2v) is 4.66. The van der Waals surface area contributed by atoms with E-state index in [0.717, 1.165) is 17.2 Å². The molecule has 0 unspecified atom stereocenters. The highest BCUT2D eigenvalue weighted by Crippen LogP contribution is 2.36. The minimum Gasteiger partial charge on any atom is -0.496 e. The Hall–Kier alpha value is -2.36. The molecule has 0 atom stereocenters. The van der Waals surface area contributed by atoms with E-state index in [0.29, 0.717) is 16.9 Å². The highest BCUT2D eigenvalue weighted by atomic mass is 19.1. The van der Waals surface area contributed by atoms with Crippen LogP contribution in [0.2, 0.25) is 0 Å². The quantitative estimate of drug-likeness (QED) is 0.925. The zero-order chi connectivity index (χ0) is 14.9. The first-order chi connectivity index (χ1) is 9.43. The van der Waals surface area contributed by atoms with Crippen molar-refractivity contribution in [2.24, 2.45) is 0 Å². The maximum Gasteiger partial charge on any atom is 0.335 e. The van der Waals surface area contributed by atoms with Crippen molar-refractivity contribution >= 4 is 5.97 Å². The lowest BCUT2D eigenvalue weighted by molar-refractivity contribution is 0.0696. The van der Waals surface area contributed by atoms with E-state index in [2.05, 4.69) is 0 Å². The molecule has 2 aromatic carbocycles. The summed E-state index contributed by atoms with van der Waals surface area (Å²) in [6.07, 6.45) is 0. The van der Waals surface area contributed by atoms with Gasteiger partial charge in [-0.2, -0.15) is 0 Å². The SMILES string of the molecule is COc1cc(C)cc(C)c1-c1ccc(C(=O)O)cc1F. The largest absolute Gasteiger partial charge is 0.496 e. The van der Waals surface area contributed by atoms with Crippen LogP contribution in [0, 0.1) is 19.7 Å². The topological polar surface area (TPSA) is 46.5 Å². The summed E-state index contributed by atoms with van der Waals surface area (Å²) in [4.78, 5) is 10.8. The van der Waals surface area contributed by atoms with Gasteiger partial charge >= 0.3 is 5.97 Å². The molecule has 0 radical (unpaired) electrons.